The summed E-state index contributed by atoms with van der Waals surface area (Å²) < 4.78 is 0. The molecule has 20 heavy (non-hydrogen) atoms. The van der Waals surface area contributed by atoms with E-state index in [1.54, 1.807) is 24.3 Å². The number of fused-ring (bicyclic) bond motifs is 1. The number of benzene rings is 1. The second kappa shape index (κ2) is 4.61. The van der Waals surface area contributed by atoms with Gasteiger partial charge in [0.05, 0.1) is 17.6 Å². The summed E-state index contributed by atoms with van der Waals surface area (Å²) in [5, 5.41) is 2.69. The van der Waals surface area contributed by atoms with Crippen molar-refractivity contribution < 1.29 is 9.59 Å². The lowest BCUT2D eigenvalue weighted by Crippen LogP contribution is -2.42. The molecule has 2 N–H and O–H groups in total. The predicted molar refractivity (Wildman–Crippen MR) is 71.6 cm³/mol. The van der Waals surface area contributed by atoms with Crippen molar-refractivity contribution in [1.82, 2.24) is 9.97 Å². The smallest absolute Gasteiger partial charge is 0.278 e. The molecule has 0 fully saturated rings. The number of nitrogens with one attached hydrogen (secondary N) is 2. The summed E-state index contributed by atoms with van der Waals surface area (Å²) in [6.45, 7) is -0.0867. The van der Waals surface area contributed by atoms with Gasteiger partial charge in [-0.05, 0) is 12.1 Å². The third-order valence-corrected chi connectivity index (χ3v) is 2.91. The lowest BCUT2D eigenvalue weighted by atomic mass is 10.2. The molecule has 100 valence electrons. The van der Waals surface area contributed by atoms with Crippen molar-refractivity contribution in [2.45, 2.75) is 0 Å². The zero-order valence-electron chi connectivity index (χ0n) is 10.3. The van der Waals surface area contributed by atoms with Crippen LogP contribution in [0.2, 0.25) is 0 Å². The molecule has 0 radical (unpaired) electrons. The molecule has 7 nitrogen and oxygen atoms in total. The van der Waals surface area contributed by atoms with Gasteiger partial charge in [0.2, 0.25) is 5.91 Å². The fourth-order valence-electron chi connectivity index (χ4n) is 2.01. The Morgan fingerprint density at radius 1 is 1.25 bits per heavy atom. The summed E-state index contributed by atoms with van der Waals surface area (Å²) >= 11 is 0. The van der Waals surface area contributed by atoms with Crippen LogP contribution in [0, 0.1) is 0 Å². The zero-order valence-corrected chi connectivity index (χ0v) is 10.3. The summed E-state index contributed by atoms with van der Waals surface area (Å²) in [5.41, 5.74) is 0.860. The van der Waals surface area contributed by atoms with Crippen LogP contribution in [0.1, 0.15) is 10.5 Å². The first kappa shape index (κ1) is 12.1. The van der Waals surface area contributed by atoms with Crippen LogP contribution in [0.25, 0.3) is 0 Å². The number of amides is 2. The number of aromatic amines is 1. The van der Waals surface area contributed by atoms with Gasteiger partial charge < -0.3 is 10.3 Å². The third-order valence-electron chi connectivity index (χ3n) is 2.91. The highest BCUT2D eigenvalue weighted by molar-refractivity contribution is 6.14. The minimum Gasteiger partial charge on any atom is -0.325 e. The Kier molecular flexibility index (Phi) is 2.79. The number of anilines is 2. The maximum atomic E-state index is 12.4. The second-order valence-electron chi connectivity index (χ2n) is 4.25. The van der Waals surface area contributed by atoms with E-state index in [1.807, 2.05) is 0 Å². The number of carbonyl (C=O) groups is 2. The minimum absolute atomic E-state index is 0.0779. The monoisotopic (exact) mass is 270 g/mol. The number of hydrogen-bond donors (Lipinski definition) is 2. The molecule has 0 bridgehead atoms. The number of para-hydroxylation sites is 2. The largest absolute Gasteiger partial charge is 0.325 e. The standard InChI is InChI=1S/C13H10N4O3/c18-11-6-14-9(5-15-11)13(20)17-7-12(19)16-8-3-1-2-4-10(8)17/h1-6H,7H2,(H,15,18)(H,16,19). The normalized spacial score (nSPS) is 13.6. The number of hydrogen-bond acceptors (Lipinski definition) is 4. The van der Waals surface area contributed by atoms with Crippen LogP contribution in [-0.4, -0.2) is 28.3 Å². The van der Waals surface area contributed by atoms with Crippen molar-refractivity contribution in [1.29, 1.82) is 0 Å². The fraction of sp³-hybridized carbons (Fsp3) is 0.0769. The Morgan fingerprint density at radius 3 is 2.80 bits per heavy atom. The molecule has 2 heterocycles. The Hall–Kier alpha value is -2.96. The molecule has 1 aliphatic rings. The summed E-state index contributed by atoms with van der Waals surface area (Å²) in [6, 6.07) is 6.99. The Balaban J connectivity index is 2.01. The van der Waals surface area contributed by atoms with E-state index in [-0.39, 0.29) is 18.1 Å². The van der Waals surface area contributed by atoms with Crippen LogP contribution < -0.4 is 15.8 Å². The minimum atomic E-state index is -0.441. The van der Waals surface area contributed by atoms with Gasteiger partial charge in [-0.1, -0.05) is 12.1 Å². The highest BCUT2D eigenvalue weighted by atomic mass is 16.2. The number of aromatic nitrogens is 2. The average molecular weight is 270 g/mol. The first-order valence-electron chi connectivity index (χ1n) is 5.90. The molecule has 2 amide bonds. The van der Waals surface area contributed by atoms with Crippen LogP contribution >= 0.6 is 0 Å². The van der Waals surface area contributed by atoms with E-state index in [0.717, 1.165) is 6.20 Å². The molecule has 1 aliphatic heterocycles. The molecule has 2 aromatic rings. The maximum absolute atomic E-state index is 12.4. The van der Waals surface area contributed by atoms with Gasteiger partial charge in [-0.15, -0.1) is 0 Å². The fourth-order valence-corrected chi connectivity index (χ4v) is 2.01. The molecule has 0 spiro atoms. The first-order chi connectivity index (χ1) is 9.65. The van der Waals surface area contributed by atoms with E-state index in [0.29, 0.717) is 11.4 Å². The molecule has 0 saturated carbocycles. The maximum Gasteiger partial charge on any atom is 0.278 e. The summed E-state index contributed by atoms with van der Waals surface area (Å²) in [6.07, 6.45) is 2.27. The van der Waals surface area contributed by atoms with Crippen LogP contribution in [0.4, 0.5) is 11.4 Å². The number of H-pyrrole nitrogens is 1. The van der Waals surface area contributed by atoms with Crippen molar-refractivity contribution >= 4 is 23.2 Å². The predicted octanol–water partition coefficient (Wildman–Crippen LogP) is 0.369. The van der Waals surface area contributed by atoms with Crippen molar-refractivity contribution in [3.05, 3.63) is 52.7 Å². The van der Waals surface area contributed by atoms with E-state index in [1.165, 1.54) is 11.1 Å². The summed E-state index contributed by atoms with van der Waals surface area (Å²) in [5.74, 6) is -0.718. The van der Waals surface area contributed by atoms with Crippen molar-refractivity contribution in [3.63, 3.8) is 0 Å². The molecule has 0 saturated heterocycles. The van der Waals surface area contributed by atoms with Crippen LogP contribution in [-0.2, 0) is 4.79 Å². The van der Waals surface area contributed by atoms with Gasteiger partial charge in [-0.25, -0.2) is 4.98 Å². The third kappa shape index (κ3) is 2.05. The van der Waals surface area contributed by atoms with Gasteiger partial charge in [0.15, 0.2) is 0 Å². The van der Waals surface area contributed by atoms with Gasteiger partial charge in [0.25, 0.3) is 11.5 Å². The lowest BCUT2D eigenvalue weighted by molar-refractivity contribution is -0.115. The van der Waals surface area contributed by atoms with Crippen LogP contribution in [0.3, 0.4) is 0 Å². The van der Waals surface area contributed by atoms with Gasteiger partial charge >= 0.3 is 0 Å². The topological polar surface area (TPSA) is 95.2 Å². The Morgan fingerprint density at radius 2 is 2.05 bits per heavy atom. The molecular formula is C13H10N4O3. The quantitative estimate of drug-likeness (QED) is 0.782. The van der Waals surface area contributed by atoms with Crippen LogP contribution in [0.5, 0.6) is 0 Å². The molecule has 3 rings (SSSR count). The van der Waals surface area contributed by atoms with E-state index in [9.17, 15) is 14.4 Å². The van der Waals surface area contributed by atoms with Crippen molar-refractivity contribution in [3.8, 4) is 0 Å². The summed E-state index contributed by atoms with van der Waals surface area (Å²) in [4.78, 5) is 42.5. The molecule has 0 aliphatic carbocycles. The number of rotatable bonds is 1. The molecule has 0 unspecified atom stereocenters. The van der Waals surface area contributed by atoms with Crippen molar-refractivity contribution in [2.24, 2.45) is 0 Å². The van der Waals surface area contributed by atoms with E-state index < -0.39 is 11.5 Å². The van der Waals surface area contributed by atoms with Gasteiger partial charge in [0.1, 0.15) is 12.2 Å². The molecular weight excluding hydrogens is 260 g/mol. The average Bonchev–Trinajstić information content (AvgIpc) is 2.46. The Bertz CT molecular complexity index is 733. The zero-order chi connectivity index (χ0) is 14.1. The van der Waals surface area contributed by atoms with Crippen molar-refractivity contribution in [2.75, 3.05) is 16.8 Å². The summed E-state index contributed by atoms with van der Waals surface area (Å²) in [7, 11) is 0. The van der Waals surface area contributed by atoms with E-state index in [2.05, 4.69) is 15.3 Å². The van der Waals surface area contributed by atoms with E-state index >= 15 is 0 Å². The second-order valence-corrected chi connectivity index (χ2v) is 4.25. The van der Waals surface area contributed by atoms with E-state index in [4.69, 9.17) is 0 Å². The molecule has 1 aromatic heterocycles. The highest BCUT2D eigenvalue weighted by Crippen LogP contribution is 2.29. The molecule has 7 heteroatoms. The Labute approximate surface area is 113 Å². The first-order valence-corrected chi connectivity index (χ1v) is 5.90. The SMILES string of the molecule is O=C1CN(C(=O)c2c[nH]c(=O)cn2)c2ccccc2N1. The molecule has 1 aromatic carbocycles. The van der Waals surface area contributed by atoms with Gasteiger partial charge in [0, 0.05) is 6.20 Å². The van der Waals surface area contributed by atoms with Gasteiger partial charge in [-0.2, -0.15) is 0 Å². The van der Waals surface area contributed by atoms with Gasteiger partial charge in [-0.3, -0.25) is 19.3 Å². The number of carbonyl (C=O) groups excluding carboxylic acids is 2. The van der Waals surface area contributed by atoms with Crippen LogP contribution in [0.15, 0.2) is 41.5 Å². The lowest BCUT2D eigenvalue weighted by Gasteiger charge is -2.28. The number of nitrogens with zero attached hydrogens (tertiary/aromatic N) is 2. The highest BCUT2D eigenvalue weighted by Gasteiger charge is 2.28. The molecule has 0 atom stereocenters.